The van der Waals surface area contributed by atoms with Gasteiger partial charge in [-0.1, -0.05) is 12.1 Å². The van der Waals surface area contributed by atoms with E-state index in [1.807, 2.05) is 18.2 Å². The van der Waals surface area contributed by atoms with Gasteiger partial charge < -0.3 is 10.3 Å². The third kappa shape index (κ3) is 3.65. The van der Waals surface area contributed by atoms with Crippen LogP contribution in [0.2, 0.25) is 0 Å². The molecule has 152 valence electrons. The number of benzene rings is 1. The first kappa shape index (κ1) is 18.7. The molecule has 0 spiro atoms. The van der Waals surface area contributed by atoms with Crippen LogP contribution in [0.25, 0.3) is 11.3 Å². The first-order valence-corrected chi connectivity index (χ1v) is 10.4. The monoisotopic (exact) mass is 403 g/mol. The third-order valence-electron chi connectivity index (χ3n) is 5.81. The molecular weight excluding hydrogens is 381 g/mol. The second kappa shape index (κ2) is 7.52. The standard InChI is InChI=1S/C24H22FN3O2/c25-17-4-1-3-14(11-17)12-18-22-19(5-2-6-20(22)29)27-23(18)16-9-10-26-21(13-16)28-24(30)15-7-8-15/h1,3-4,9-11,13,15,27H,2,5-8,12H2,(H,26,28,30). The Morgan fingerprint density at radius 3 is 2.87 bits per heavy atom. The number of aromatic nitrogens is 2. The Bertz CT molecular complexity index is 1150. The smallest absolute Gasteiger partial charge is 0.228 e. The van der Waals surface area contributed by atoms with Gasteiger partial charge in [0.15, 0.2) is 5.78 Å². The number of nitrogens with one attached hydrogen (secondary N) is 2. The lowest BCUT2D eigenvalue weighted by Gasteiger charge is -2.12. The summed E-state index contributed by atoms with van der Waals surface area (Å²) in [6.45, 7) is 0. The third-order valence-corrected chi connectivity index (χ3v) is 5.81. The van der Waals surface area contributed by atoms with Crippen LogP contribution in [0, 0.1) is 11.7 Å². The van der Waals surface area contributed by atoms with Crippen LogP contribution in [0.3, 0.4) is 0 Å². The summed E-state index contributed by atoms with van der Waals surface area (Å²) in [4.78, 5) is 32.6. The Morgan fingerprint density at radius 1 is 1.20 bits per heavy atom. The van der Waals surface area contributed by atoms with E-state index in [2.05, 4.69) is 15.3 Å². The van der Waals surface area contributed by atoms with Crippen molar-refractivity contribution in [2.75, 3.05) is 5.32 Å². The largest absolute Gasteiger partial charge is 0.358 e. The topological polar surface area (TPSA) is 74.8 Å². The molecule has 2 aliphatic rings. The van der Waals surface area contributed by atoms with E-state index in [0.29, 0.717) is 18.7 Å². The molecule has 2 aromatic heterocycles. The van der Waals surface area contributed by atoms with Crippen LogP contribution in [0.5, 0.6) is 0 Å². The van der Waals surface area contributed by atoms with Crippen molar-refractivity contribution < 1.29 is 14.0 Å². The van der Waals surface area contributed by atoms with E-state index < -0.39 is 0 Å². The molecule has 0 bridgehead atoms. The van der Waals surface area contributed by atoms with Gasteiger partial charge in [-0.3, -0.25) is 9.59 Å². The van der Waals surface area contributed by atoms with Gasteiger partial charge in [0.25, 0.3) is 0 Å². The number of H-pyrrole nitrogens is 1. The van der Waals surface area contributed by atoms with Crippen LogP contribution in [0.15, 0.2) is 42.6 Å². The maximum atomic E-state index is 13.8. The second-order valence-electron chi connectivity index (χ2n) is 8.11. The first-order valence-electron chi connectivity index (χ1n) is 10.4. The van der Waals surface area contributed by atoms with Gasteiger partial charge in [-0.05, 0) is 61.1 Å². The Hall–Kier alpha value is -3.28. The summed E-state index contributed by atoms with van der Waals surface area (Å²) in [6.07, 6.45) is 6.13. The average Bonchev–Trinajstić information content (AvgIpc) is 3.51. The van der Waals surface area contributed by atoms with Gasteiger partial charge in [0.05, 0.1) is 5.69 Å². The van der Waals surface area contributed by atoms with Gasteiger partial charge in [-0.15, -0.1) is 0 Å². The summed E-state index contributed by atoms with van der Waals surface area (Å²) in [6, 6.07) is 10.2. The zero-order chi connectivity index (χ0) is 20.7. The van der Waals surface area contributed by atoms with Gasteiger partial charge in [0.2, 0.25) is 5.91 Å². The lowest BCUT2D eigenvalue weighted by molar-refractivity contribution is -0.117. The van der Waals surface area contributed by atoms with Crippen molar-refractivity contribution >= 4 is 17.5 Å². The summed E-state index contributed by atoms with van der Waals surface area (Å²) in [7, 11) is 0. The quantitative estimate of drug-likeness (QED) is 0.650. The molecule has 3 aromatic rings. The molecule has 0 radical (unpaired) electrons. The molecule has 2 N–H and O–H groups in total. The highest BCUT2D eigenvalue weighted by atomic mass is 19.1. The molecule has 0 saturated heterocycles. The van der Waals surface area contributed by atoms with Crippen molar-refractivity contribution in [1.29, 1.82) is 0 Å². The Morgan fingerprint density at radius 2 is 2.07 bits per heavy atom. The van der Waals surface area contributed by atoms with Gasteiger partial charge in [-0.2, -0.15) is 0 Å². The van der Waals surface area contributed by atoms with E-state index in [1.54, 1.807) is 12.3 Å². The minimum atomic E-state index is -0.293. The highest BCUT2D eigenvalue weighted by molar-refractivity contribution is 6.01. The number of hydrogen-bond acceptors (Lipinski definition) is 3. The fourth-order valence-corrected chi connectivity index (χ4v) is 4.17. The number of fused-ring (bicyclic) bond motifs is 1. The molecule has 1 amide bonds. The molecule has 0 atom stereocenters. The second-order valence-corrected chi connectivity index (χ2v) is 8.11. The molecule has 0 unspecified atom stereocenters. The van der Waals surface area contributed by atoms with Crippen molar-refractivity contribution in [2.24, 2.45) is 5.92 Å². The van der Waals surface area contributed by atoms with Gasteiger partial charge in [0.1, 0.15) is 11.6 Å². The summed E-state index contributed by atoms with van der Waals surface area (Å²) >= 11 is 0. The maximum Gasteiger partial charge on any atom is 0.228 e. The van der Waals surface area contributed by atoms with E-state index in [0.717, 1.165) is 59.3 Å². The molecule has 0 aliphatic heterocycles. The van der Waals surface area contributed by atoms with Crippen LogP contribution in [-0.2, 0) is 17.6 Å². The van der Waals surface area contributed by atoms with Crippen molar-refractivity contribution in [3.63, 3.8) is 0 Å². The molecule has 1 fully saturated rings. The lowest BCUT2D eigenvalue weighted by Crippen LogP contribution is -2.14. The number of amides is 1. The summed E-state index contributed by atoms with van der Waals surface area (Å²) in [5.41, 5.74) is 5.06. The number of anilines is 1. The minimum Gasteiger partial charge on any atom is -0.358 e. The number of aryl methyl sites for hydroxylation is 1. The number of ketones is 1. The summed E-state index contributed by atoms with van der Waals surface area (Å²) in [5.74, 6) is 0.426. The Labute approximate surface area is 173 Å². The number of halogens is 1. The molecule has 5 nitrogen and oxygen atoms in total. The average molecular weight is 403 g/mol. The normalized spacial score (nSPS) is 15.7. The molecular formula is C24H22FN3O2. The van der Waals surface area contributed by atoms with E-state index >= 15 is 0 Å². The molecule has 1 aromatic carbocycles. The lowest BCUT2D eigenvalue weighted by atomic mass is 9.89. The van der Waals surface area contributed by atoms with Crippen LogP contribution in [-0.4, -0.2) is 21.7 Å². The maximum absolute atomic E-state index is 13.8. The fraction of sp³-hybridized carbons (Fsp3) is 0.292. The SMILES string of the molecule is O=C1CCCc2[nH]c(-c3ccnc(NC(=O)C4CC4)c3)c(Cc3cccc(F)c3)c21. The summed E-state index contributed by atoms with van der Waals surface area (Å²) in [5, 5.41) is 2.88. The number of carbonyl (C=O) groups is 2. The molecule has 2 aliphatic carbocycles. The van der Waals surface area contributed by atoms with Gasteiger partial charge >= 0.3 is 0 Å². The van der Waals surface area contributed by atoms with Crippen LogP contribution in [0.4, 0.5) is 10.2 Å². The van der Waals surface area contributed by atoms with E-state index in [1.165, 1.54) is 12.1 Å². The summed E-state index contributed by atoms with van der Waals surface area (Å²) < 4.78 is 13.8. The fourth-order valence-electron chi connectivity index (χ4n) is 4.17. The first-order chi connectivity index (χ1) is 14.6. The molecule has 2 heterocycles. The van der Waals surface area contributed by atoms with Crippen molar-refractivity contribution in [2.45, 2.75) is 38.5 Å². The van der Waals surface area contributed by atoms with E-state index in [4.69, 9.17) is 0 Å². The predicted octanol–water partition coefficient (Wildman–Crippen LogP) is 4.67. The van der Waals surface area contributed by atoms with E-state index in [-0.39, 0.29) is 23.4 Å². The molecule has 6 heteroatoms. The number of hydrogen-bond donors (Lipinski definition) is 2. The Balaban J connectivity index is 1.56. The zero-order valence-electron chi connectivity index (χ0n) is 16.5. The molecule has 5 rings (SSSR count). The number of rotatable bonds is 5. The number of carbonyl (C=O) groups excluding carboxylic acids is 2. The van der Waals surface area contributed by atoms with Crippen molar-refractivity contribution in [3.8, 4) is 11.3 Å². The highest BCUT2D eigenvalue weighted by Crippen LogP contribution is 2.35. The minimum absolute atomic E-state index is 0.000548. The van der Waals surface area contributed by atoms with Crippen molar-refractivity contribution in [3.05, 3.63) is 70.8 Å². The number of pyridine rings is 1. The number of nitrogens with zero attached hydrogens (tertiary/aromatic N) is 1. The van der Waals surface area contributed by atoms with Gasteiger partial charge in [0, 0.05) is 41.8 Å². The number of aromatic amines is 1. The van der Waals surface area contributed by atoms with Crippen LogP contribution < -0.4 is 5.32 Å². The van der Waals surface area contributed by atoms with Crippen LogP contribution >= 0.6 is 0 Å². The molecule has 30 heavy (non-hydrogen) atoms. The van der Waals surface area contributed by atoms with Crippen molar-refractivity contribution in [1.82, 2.24) is 9.97 Å². The Kier molecular flexibility index (Phi) is 4.69. The van der Waals surface area contributed by atoms with Crippen LogP contribution in [0.1, 0.15) is 52.9 Å². The predicted molar refractivity (Wildman–Crippen MR) is 112 cm³/mol. The zero-order valence-corrected chi connectivity index (χ0v) is 16.5. The van der Waals surface area contributed by atoms with Gasteiger partial charge in [-0.25, -0.2) is 9.37 Å². The highest BCUT2D eigenvalue weighted by Gasteiger charge is 2.30. The molecule has 1 saturated carbocycles. The number of Topliss-reactive ketones (excluding diaryl/α,β-unsaturated/α-hetero) is 1. The van der Waals surface area contributed by atoms with E-state index in [9.17, 15) is 14.0 Å².